The standard InChI is InChI=1S/C13H15ClN6/c14-11-17-12(16-10(8-2-3-8)9-4-5-9)19-13(18-11)20-7-1-6-15-20/h1,6-10H,2-5H2,(H,16,17,18,19). The van der Waals surface area contributed by atoms with Gasteiger partial charge in [0.25, 0.3) is 5.95 Å². The van der Waals surface area contributed by atoms with Crippen molar-refractivity contribution < 1.29 is 0 Å². The summed E-state index contributed by atoms with van der Waals surface area (Å²) in [6.45, 7) is 0. The van der Waals surface area contributed by atoms with Crippen molar-refractivity contribution in [3.63, 3.8) is 0 Å². The van der Waals surface area contributed by atoms with Crippen LogP contribution in [0, 0.1) is 11.8 Å². The predicted molar refractivity (Wildman–Crippen MR) is 74.8 cm³/mol. The van der Waals surface area contributed by atoms with Gasteiger partial charge in [-0.25, -0.2) is 4.68 Å². The average molecular weight is 291 g/mol. The van der Waals surface area contributed by atoms with Crippen molar-refractivity contribution in [2.24, 2.45) is 11.8 Å². The van der Waals surface area contributed by atoms with Gasteiger partial charge >= 0.3 is 0 Å². The summed E-state index contributed by atoms with van der Waals surface area (Å²) in [7, 11) is 0. The Labute approximate surface area is 121 Å². The average Bonchev–Trinajstić information content (AvgIpc) is 3.35. The Balaban J connectivity index is 1.60. The third-order valence-corrected chi connectivity index (χ3v) is 4.03. The Kier molecular flexibility index (Phi) is 2.84. The Bertz CT molecular complexity index is 593. The van der Waals surface area contributed by atoms with E-state index in [-0.39, 0.29) is 5.28 Å². The van der Waals surface area contributed by atoms with E-state index in [2.05, 4.69) is 25.4 Å². The van der Waals surface area contributed by atoms with Crippen LogP contribution in [-0.2, 0) is 0 Å². The lowest BCUT2D eigenvalue weighted by atomic mass is 10.1. The fraction of sp³-hybridized carbons (Fsp3) is 0.538. The highest BCUT2D eigenvalue weighted by Gasteiger charge is 2.41. The number of halogens is 1. The van der Waals surface area contributed by atoms with Gasteiger partial charge in [-0.1, -0.05) is 0 Å². The minimum absolute atomic E-state index is 0.193. The Morgan fingerprint density at radius 1 is 1.15 bits per heavy atom. The molecule has 2 fully saturated rings. The molecule has 2 aromatic rings. The molecule has 1 N–H and O–H groups in total. The van der Waals surface area contributed by atoms with Crippen LogP contribution in [0.25, 0.3) is 5.95 Å². The van der Waals surface area contributed by atoms with Crippen molar-refractivity contribution in [3.8, 4) is 5.95 Å². The lowest BCUT2D eigenvalue weighted by Crippen LogP contribution is -2.26. The molecule has 6 nitrogen and oxygen atoms in total. The molecule has 0 bridgehead atoms. The number of aromatic nitrogens is 5. The van der Waals surface area contributed by atoms with E-state index >= 15 is 0 Å². The number of nitrogens with one attached hydrogen (secondary N) is 1. The van der Waals surface area contributed by atoms with Gasteiger partial charge in [0.1, 0.15) is 0 Å². The Morgan fingerprint density at radius 3 is 2.50 bits per heavy atom. The fourth-order valence-corrected chi connectivity index (χ4v) is 2.73. The van der Waals surface area contributed by atoms with Crippen LogP contribution in [-0.4, -0.2) is 30.8 Å². The first kappa shape index (κ1) is 12.1. The summed E-state index contributed by atoms with van der Waals surface area (Å²) >= 11 is 6.00. The molecule has 2 aliphatic rings. The zero-order valence-electron chi connectivity index (χ0n) is 10.9. The Hall–Kier alpha value is -1.69. The quantitative estimate of drug-likeness (QED) is 0.915. The third-order valence-electron chi connectivity index (χ3n) is 3.86. The molecule has 2 aliphatic carbocycles. The molecular formula is C13H15ClN6. The molecule has 0 spiro atoms. The van der Waals surface area contributed by atoms with Gasteiger partial charge < -0.3 is 5.32 Å². The molecule has 2 heterocycles. The third kappa shape index (κ3) is 2.47. The van der Waals surface area contributed by atoms with E-state index in [0.29, 0.717) is 17.9 Å². The van der Waals surface area contributed by atoms with Crippen LogP contribution >= 0.6 is 11.6 Å². The summed E-state index contributed by atoms with van der Waals surface area (Å²) < 4.78 is 1.59. The highest BCUT2D eigenvalue weighted by molar-refractivity contribution is 6.28. The number of hydrogen-bond donors (Lipinski definition) is 1. The normalized spacial score (nSPS) is 18.5. The summed E-state index contributed by atoms with van der Waals surface area (Å²) in [5, 5.41) is 7.77. The zero-order valence-corrected chi connectivity index (χ0v) is 11.7. The van der Waals surface area contributed by atoms with Gasteiger partial charge in [-0.05, 0) is 55.2 Å². The van der Waals surface area contributed by atoms with Crippen LogP contribution in [0.15, 0.2) is 18.5 Å². The van der Waals surface area contributed by atoms with Gasteiger partial charge in [-0.3, -0.25) is 0 Å². The van der Waals surface area contributed by atoms with Crippen LogP contribution in [0.4, 0.5) is 5.95 Å². The molecular weight excluding hydrogens is 276 g/mol. The number of anilines is 1. The molecule has 0 aliphatic heterocycles. The lowest BCUT2D eigenvalue weighted by Gasteiger charge is -2.17. The maximum atomic E-state index is 6.00. The van der Waals surface area contributed by atoms with E-state index in [1.165, 1.54) is 25.7 Å². The molecule has 0 unspecified atom stereocenters. The maximum Gasteiger partial charge on any atom is 0.256 e. The summed E-state index contributed by atoms with van der Waals surface area (Å²) in [5.41, 5.74) is 0. The number of hydrogen-bond acceptors (Lipinski definition) is 5. The predicted octanol–water partition coefficient (Wildman–Crippen LogP) is 2.31. The van der Waals surface area contributed by atoms with Crippen molar-refractivity contribution in [2.75, 3.05) is 5.32 Å². The van der Waals surface area contributed by atoms with Gasteiger partial charge in [-0.2, -0.15) is 20.1 Å². The molecule has 0 radical (unpaired) electrons. The minimum Gasteiger partial charge on any atom is -0.351 e. The van der Waals surface area contributed by atoms with Gasteiger partial charge in [-0.15, -0.1) is 0 Å². The lowest BCUT2D eigenvalue weighted by molar-refractivity contribution is 0.562. The molecule has 2 saturated carbocycles. The monoisotopic (exact) mass is 290 g/mol. The first-order chi connectivity index (χ1) is 9.79. The highest BCUT2D eigenvalue weighted by atomic mass is 35.5. The molecule has 0 saturated heterocycles. The Morgan fingerprint density at radius 2 is 1.90 bits per heavy atom. The second-order valence-electron chi connectivity index (χ2n) is 5.52. The smallest absolute Gasteiger partial charge is 0.256 e. The van der Waals surface area contributed by atoms with Crippen LogP contribution < -0.4 is 5.32 Å². The summed E-state index contributed by atoms with van der Waals surface area (Å²) in [5.74, 6) is 2.54. The SMILES string of the molecule is Clc1nc(NC(C2CC2)C2CC2)nc(-n2cccn2)n1. The molecule has 2 aromatic heterocycles. The highest BCUT2D eigenvalue weighted by Crippen LogP contribution is 2.45. The summed E-state index contributed by atoms with van der Waals surface area (Å²) in [6.07, 6.45) is 8.69. The molecule has 7 heteroatoms. The molecule has 4 rings (SSSR count). The van der Waals surface area contributed by atoms with Crippen LogP contribution in [0.1, 0.15) is 25.7 Å². The number of rotatable bonds is 5. The maximum absolute atomic E-state index is 6.00. The van der Waals surface area contributed by atoms with Gasteiger partial charge in [0.2, 0.25) is 11.2 Å². The molecule has 104 valence electrons. The van der Waals surface area contributed by atoms with Crippen molar-refractivity contribution in [2.45, 2.75) is 31.7 Å². The molecule has 0 aromatic carbocycles. The first-order valence-corrected chi connectivity index (χ1v) is 7.35. The van der Waals surface area contributed by atoms with E-state index in [1.807, 2.05) is 6.07 Å². The topological polar surface area (TPSA) is 68.5 Å². The molecule has 20 heavy (non-hydrogen) atoms. The second kappa shape index (κ2) is 4.70. The minimum atomic E-state index is 0.193. The second-order valence-corrected chi connectivity index (χ2v) is 5.86. The molecule has 0 amide bonds. The largest absolute Gasteiger partial charge is 0.351 e. The van der Waals surface area contributed by atoms with Gasteiger partial charge in [0, 0.05) is 18.4 Å². The van der Waals surface area contributed by atoms with Crippen molar-refractivity contribution in [1.29, 1.82) is 0 Å². The zero-order chi connectivity index (χ0) is 13.5. The van der Waals surface area contributed by atoms with Gasteiger partial charge in [0.15, 0.2) is 0 Å². The van der Waals surface area contributed by atoms with Crippen molar-refractivity contribution in [1.82, 2.24) is 24.7 Å². The summed E-state index contributed by atoms with van der Waals surface area (Å²) in [4.78, 5) is 12.7. The van der Waals surface area contributed by atoms with Crippen LogP contribution in [0.3, 0.4) is 0 Å². The molecule has 0 atom stereocenters. The van der Waals surface area contributed by atoms with E-state index in [1.54, 1.807) is 17.1 Å². The van der Waals surface area contributed by atoms with Crippen molar-refractivity contribution >= 4 is 17.5 Å². The van der Waals surface area contributed by atoms with E-state index in [9.17, 15) is 0 Å². The summed E-state index contributed by atoms with van der Waals surface area (Å²) in [6, 6.07) is 2.31. The van der Waals surface area contributed by atoms with E-state index in [0.717, 1.165) is 11.8 Å². The van der Waals surface area contributed by atoms with E-state index < -0.39 is 0 Å². The van der Waals surface area contributed by atoms with Gasteiger partial charge in [0.05, 0.1) is 0 Å². The van der Waals surface area contributed by atoms with Crippen LogP contribution in [0.5, 0.6) is 0 Å². The van der Waals surface area contributed by atoms with E-state index in [4.69, 9.17) is 11.6 Å². The first-order valence-electron chi connectivity index (χ1n) is 6.98. The van der Waals surface area contributed by atoms with Crippen molar-refractivity contribution in [3.05, 3.63) is 23.7 Å². The fourth-order valence-electron chi connectivity index (χ4n) is 2.57. The number of nitrogens with zero attached hydrogens (tertiary/aromatic N) is 5. The van der Waals surface area contributed by atoms with Crippen LogP contribution in [0.2, 0.25) is 5.28 Å².